The summed E-state index contributed by atoms with van der Waals surface area (Å²) in [7, 11) is 0. The molecule has 19 heavy (non-hydrogen) atoms. The maximum atomic E-state index is 12.1. The maximum absolute atomic E-state index is 12.1. The third kappa shape index (κ3) is 4.14. The van der Waals surface area contributed by atoms with Crippen molar-refractivity contribution in [3.63, 3.8) is 0 Å². The molecule has 0 unspecified atom stereocenters. The van der Waals surface area contributed by atoms with Crippen molar-refractivity contribution < 1.29 is 4.79 Å². The largest absolute Gasteiger partial charge is 0.348 e. The van der Waals surface area contributed by atoms with E-state index in [4.69, 9.17) is 0 Å². The summed E-state index contributed by atoms with van der Waals surface area (Å²) in [4.78, 5) is 13.2. The van der Waals surface area contributed by atoms with Crippen LogP contribution in [-0.2, 0) is 6.54 Å². The number of carbonyl (C=O) groups excluding carboxylic acids is 1. The number of hydrogen-bond donors (Lipinski definition) is 1. The number of nitrogens with one attached hydrogen (secondary N) is 1. The van der Waals surface area contributed by atoms with Crippen LogP contribution < -0.4 is 5.32 Å². The minimum Gasteiger partial charge on any atom is -0.348 e. The quantitative estimate of drug-likeness (QED) is 0.840. The lowest BCUT2D eigenvalue weighted by molar-refractivity contribution is 0.0950. The number of thioether (sulfide) groups is 1. The van der Waals surface area contributed by atoms with Crippen molar-refractivity contribution in [1.82, 2.24) is 5.32 Å². The van der Waals surface area contributed by atoms with E-state index in [9.17, 15) is 4.79 Å². The minimum atomic E-state index is -0.0255. The average Bonchev–Trinajstić information content (AvgIpc) is 2.46. The van der Waals surface area contributed by atoms with E-state index in [1.165, 1.54) is 0 Å². The van der Waals surface area contributed by atoms with E-state index in [2.05, 4.69) is 12.2 Å². The van der Waals surface area contributed by atoms with Crippen LogP contribution in [0.1, 0.15) is 22.8 Å². The van der Waals surface area contributed by atoms with Crippen molar-refractivity contribution in [2.75, 3.05) is 5.75 Å². The lowest BCUT2D eigenvalue weighted by atomic mass is 10.2. The van der Waals surface area contributed by atoms with Gasteiger partial charge in [-0.15, -0.1) is 11.8 Å². The first-order valence-electron chi connectivity index (χ1n) is 6.34. The minimum absolute atomic E-state index is 0.0255. The molecular formula is C16H17NOS. The molecule has 98 valence electrons. The van der Waals surface area contributed by atoms with Crippen molar-refractivity contribution in [3.05, 3.63) is 65.7 Å². The third-order valence-corrected chi connectivity index (χ3v) is 3.58. The molecule has 0 spiro atoms. The summed E-state index contributed by atoms with van der Waals surface area (Å²) in [5.74, 6) is 0.983. The Labute approximate surface area is 118 Å². The number of carbonyl (C=O) groups is 1. The van der Waals surface area contributed by atoms with Crippen LogP contribution in [0, 0.1) is 0 Å². The lowest BCUT2D eigenvalue weighted by Crippen LogP contribution is -2.22. The van der Waals surface area contributed by atoms with Gasteiger partial charge in [0.15, 0.2) is 0 Å². The van der Waals surface area contributed by atoms with Crippen LogP contribution >= 0.6 is 11.8 Å². The monoisotopic (exact) mass is 271 g/mol. The zero-order chi connectivity index (χ0) is 13.5. The van der Waals surface area contributed by atoms with Gasteiger partial charge in [-0.3, -0.25) is 4.79 Å². The van der Waals surface area contributed by atoms with E-state index in [0.717, 1.165) is 21.8 Å². The summed E-state index contributed by atoms with van der Waals surface area (Å²) in [6, 6.07) is 17.7. The Hall–Kier alpha value is -1.74. The van der Waals surface area contributed by atoms with Crippen LogP contribution in [0.25, 0.3) is 0 Å². The molecule has 0 aliphatic heterocycles. The van der Waals surface area contributed by atoms with Gasteiger partial charge in [0.05, 0.1) is 0 Å². The van der Waals surface area contributed by atoms with Gasteiger partial charge in [0, 0.05) is 17.0 Å². The van der Waals surface area contributed by atoms with Gasteiger partial charge in [0.2, 0.25) is 0 Å². The van der Waals surface area contributed by atoms with Gasteiger partial charge >= 0.3 is 0 Å². The van der Waals surface area contributed by atoms with Gasteiger partial charge in [-0.25, -0.2) is 0 Å². The van der Waals surface area contributed by atoms with Gasteiger partial charge < -0.3 is 5.32 Å². The molecule has 0 saturated heterocycles. The highest BCUT2D eigenvalue weighted by molar-refractivity contribution is 7.99. The van der Waals surface area contributed by atoms with Crippen LogP contribution in [0.15, 0.2) is 59.5 Å². The first-order valence-corrected chi connectivity index (χ1v) is 7.33. The van der Waals surface area contributed by atoms with E-state index >= 15 is 0 Å². The van der Waals surface area contributed by atoms with Crippen LogP contribution in [0.4, 0.5) is 0 Å². The number of benzene rings is 2. The molecular weight excluding hydrogens is 254 g/mol. The summed E-state index contributed by atoms with van der Waals surface area (Å²) in [6.07, 6.45) is 0. The Balaban J connectivity index is 1.98. The van der Waals surface area contributed by atoms with E-state index in [-0.39, 0.29) is 5.91 Å². The van der Waals surface area contributed by atoms with Crippen molar-refractivity contribution in [2.24, 2.45) is 0 Å². The molecule has 0 saturated carbocycles. The molecule has 0 radical (unpaired) electrons. The Kier molecular flexibility index (Phi) is 5.04. The molecule has 0 heterocycles. The SMILES string of the molecule is CCSc1cccc(C(=O)NCc2ccccc2)c1. The molecule has 0 aliphatic carbocycles. The molecule has 2 aromatic rings. The predicted octanol–water partition coefficient (Wildman–Crippen LogP) is 3.73. The molecule has 0 fully saturated rings. The van der Waals surface area contributed by atoms with Gasteiger partial charge in [-0.05, 0) is 29.5 Å². The summed E-state index contributed by atoms with van der Waals surface area (Å²) in [6.45, 7) is 2.66. The van der Waals surface area contributed by atoms with Gasteiger partial charge in [0.25, 0.3) is 5.91 Å². The van der Waals surface area contributed by atoms with E-state index < -0.39 is 0 Å². The average molecular weight is 271 g/mol. The summed E-state index contributed by atoms with van der Waals surface area (Å²) in [5, 5.41) is 2.94. The Morgan fingerprint density at radius 1 is 1.11 bits per heavy atom. The van der Waals surface area contributed by atoms with Gasteiger partial charge in [-0.2, -0.15) is 0 Å². The summed E-state index contributed by atoms with van der Waals surface area (Å²) >= 11 is 1.74. The summed E-state index contributed by atoms with van der Waals surface area (Å²) < 4.78 is 0. The van der Waals surface area contributed by atoms with Crippen molar-refractivity contribution in [2.45, 2.75) is 18.4 Å². The van der Waals surface area contributed by atoms with E-state index in [0.29, 0.717) is 6.54 Å². The highest BCUT2D eigenvalue weighted by atomic mass is 32.2. The molecule has 2 aromatic carbocycles. The Morgan fingerprint density at radius 2 is 1.89 bits per heavy atom. The second kappa shape index (κ2) is 7.00. The second-order valence-electron chi connectivity index (χ2n) is 4.13. The molecule has 1 amide bonds. The maximum Gasteiger partial charge on any atom is 0.251 e. The number of amides is 1. The molecule has 0 aliphatic rings. The fourth-order valence-electron chi connectivity index (χ4n) is 1.77. The molecule has 0 atom stereocenters. The van der Waals surface area contributed by atoms with Crippen molar-refractivity contribution in [3.8, 4) is 0 Å². The molecule has 2 rings (SSSR count). The topological polar surface area (TPSA) is 29.1 Å². The molecule has 1 N–H and O–H groups in total. The fourth-order valence-corrected chi connectivity index (χ4v) is 2.49. The van der Waals surface area contributed by atoms with E-state index in [1.54, 1.807) is 11.8 Å². The Morgan fingerprint density at radius 3 is 2.63 bits per heavy atom. The summed E-state index contributed by atoms with van der Waals surface area (Å²) in [5.41, 5.74) is 1.82. The smallest absolute Gasteiger partial charge is 0.251 e. The predicted molar refractivity (Wildman–Crippen MR) is 80.5 cm³/mol. The number of rotatable bonds is 5. The molecule has 0 bridgehead atoms. The normalized spacial score (nSPS) is 10.2. The first kappa shape index (κ1) is 13.7. The highest BCUT2D eigenvalue weighted by Crippen LogP contribution is 2.18. The van der Waals surface area contributed by atoms with Crippen molar-refractivity contribution >= 4 is 17.7 Å². The Bertz CT molecular complexity index is 539. The van der Waals surface area contributed by atoms with E-state index in [1.807, 2.05) is 54.6 Å². The fraction of sp³-hybridized carbons (Fsp3) is 0.188. The van der Waals surface area contributed by atoms with Crippen LogP contribution in [0.5, 0.6) is 0 Å². The zero-order valence-corrected chi connectivity index (χ0v) is 11.7. The van der Waals surface area contributed by atoms with Crippen LogP contribution in [0.2, 0.25) is 0 Å². The van der Waals surface area contributed by atoms with Crippen molar-refractivity contribution in [1.29, 1.82) is 0 Å². The highest BCUT2D eigenvalue weighted by Gasteiger charge is 2.05. The number of hydrogen-bond acceptors (Lipinski definition) is 2. The molecule has 0 aromatic heterocycles. The lowest BCUT2D eigenvalue weighted by Gasteiger charge is -2.06. The van der Waals surface area contributed by atoms with Gasteiger partial charge in [0.1, 0.15) is 0 Å². The third-order valence-electron chi connectivity index (χ3n) is 2.70. The van der Waals surface area contributed by atoms with Crippen LogP contribution in [0.3, 0.4) is 0 Å². The van der Waals surface area contributed by atoms with Gasteiger partial charge in [-0.1, -0.05) is 43.3 Å². The molecule has 3 heteroatoms. The van der Waals surface area contributed by atoms with Crippen LogP contribution in [-0.4, -0.2) is 11.7 Å². The standard InChI is InChI=1S/C16H17NOS/c1-2-19-15-10-6-9-14(11-15)16(18)17-12-13-7-4-3-5-8-13/h3-11H,2,12H2,1H3,(H,17,18). The zero-order valence-electron chi connectivity index (χ0n) is 10.9. The molecule has 2 nitrogen and oxygen atoms in total. The second-order valence-corrected chi connectivity index (χ2v) is 5.47. The first-order chi connectivity index (χ1) is 9.29.